The first-order chi connectivity index (χ1) is 8.78. The number of hydrogen-bond donors (Lipinski definition) is 1. The van der Waals surface area contributed by atoms with E-state index in [1.54, 1.807) is 11.3 Å². The second-order valence-corrected chi connectivity index (χ2v) is 6.01. The fourth-order valence-electron chi connectivity index (χ4n) is 2.40. The van der Waals surface area contributed by atoms with Gasteiger partial charge in [0.25, 0.3) is 0 Å². The summed E-state index contributed by atoms with van der Waals surface area (Å²) in [5, 5.41) is 2.07. The summed E-state index contributed by atoms with van der Waals surface area (Å²) in [5.41, 5.74) is 6.41. The van der Waals surface area contributed by atoms with Crippen molar-refractivity contribution in [2.75, 3.05) is 6.54 Å². The zero-order valence-corrected chi connectivity index (χ0v) is 11.8. The molecule has 0 saturated heterocycles. The second-order valence-electron chi connectivity index (χ2n) is 5.01. The Morgan fingerprint density at radius 3 is 3.17 bits per heavy atom. The first kappa shape index (κ1) is 13.6. The Morgan fingerprint density at radius 1 is 1.50 bits per heavy atom. The predicted molar refractivity (Wildman–Crippen MR) is 76.5 cm³/mol. The van der Waals surface area contributed by atoms with Crippen LogP contribution in [-0.2, 0) is 11.3 Å². The molecule has 0 radical (unpaired) electrons. The van der Waals surface area contributed by atoms with E-state index in [-0.39, 0.29) is 0 Å². The number of rotatable bonds is 3. The average Bonchev–Trinajstić information content (AvgIpc) is 2.82. The Labute approximate surface area is 114 Å². The molecular formula is C15H21NOS. The Kier molecular flexibility index (Phi) is 5.25. The summed E-state index contributed by atoms with van der Waals surface area (Å²) in [6, 6.07) is 2.11. The summed E-state index contributed by atoms with van der Waals surface area (Å²) in [6.45, 7) is 3.47. The van der Waals surface area contributed by atoms with Crippen LogP contribution in [0.1, 0.15) is 43.0 Å². The molecule has 1 aromatic heterocycles. The highest BCUT2D eigenvalue weighted by molar-refractivity contribution is 7.10. The minimum absolute atomic E-state index is 0.418. The molecule has 1 saturated carbocycles. The van der Waals surface area contributed by atoms with Crippen molar-refractivity contribution in [1.82, 2.24) is 0 Å². The van der Waals surface area contributed by atoms with Crippen molar-refractivity contribution < 1.29 is 4.74 Å². The molecule has 1 aliphatic rings. The lowest BCUT2D eigenvalue weighted by Gasteiger charge is -2.26. The maximum absolute atomic E-state index is 5.99. The predicted octanol–water partition coefficient (Wildman–Crippen LogP) is 3.15. The molecule has 2 atom stereocenters. The Balaban J connectivity index is 1.81. The summed E-state index contributed by atoms with van der Waals surface area (Å²) >= 11 is 1.72. The third-order valence-electron chi connectivity index (χ3n) is 3.34. The van der Waals surface area contributed by atoms with E-state index >= 15 is 0 Å². The molecule has 0 aromatic carbocycles. The summed E-state index contributed by atoms with van der Waals surface area (Å²) in [5.74, 6) is 6.74. The molecule has 2 unspecified atom stereocenters. The van der Waals surface area contributed by atoms with Gasteiger partial charge in [0.2, 0.25) is 0 Å². The Bertz CT molecular complexity index is 429. The van der Waals surface area contributed by atoms with E-state index in [2.05, 4.69) is 30.2 Å². The van der Waals surface area contributed by atoms with Crippen molar-refractivity contribution in [2.45, 2.75) is 45.3 Å². The fourth-order valence-corrected chi connectivity index (χ4v) is 3.14. The molecule has 0 aliphatic heterocycles. The van der Waals surface area contributed by atoms with Crippen molar-refractivity contribution in [2.24, 2.45) is 11.7 Å². The van der Waals surface area contributed by atoms with Crippen LogP contribution in [0.15, 0.2) is 11.4 Å². The normalized spacial score (nSPS) is 23.4. The van der Waals surface area contributed by atoms with Crippen LogP contribution in [0, 0.1) is 17.8 Å². The van der Waals surface area contributed by atoms with Crippen LogP contribution in [0.4, 0.5) is 0 Å². The number of ether oxygens (including phenoxy) is 1. The largest absolute Gasteiger partial charge is 0.373 e. The number of nitrogens with two attached hydrogens (primary N) is 1. The molecule has 98 valence electrons. The molecule has 3 heteroatoms. The minimum atomic E-state index is 0.418. The average molecular weight is 263 g/mol. The van der Waals surface area contributed by atoms with Gasteiger partial charge in [-0.3, -0.25) is 0 Å². The number of hydrogen-bond acceptors (Lipinski definition) is 3. The highest BCUT2D eigenvalue weighted by atomic mass is 32.1. The van der Waals surface area contributed by atoms with Crippen molar-refractivity contribution in [3.63, 3.8) is 0 Å². The molecule has 0 amide bonds. The zero-order chi connectivity index (χ0) is 12.8. The lowest BCUT2D eigenvalue weighted by molar-refractivity contribution is 0.00591. The molecule has 2 nitrogen and oxygen atoms in total. The number of thiophene rings is 1. The highest BCUT2D eigenvalue weighted by Gasteiger charge is 2.19. The molecule has 1 heterocycles. The van der Waals surface area contributed by atoms with Crippen LogP contribution < -0.4 is 5.73 Å². The SMILES string of the molecule is CC1CCCC(OCc2cc(C#CCN)cs2)C1. The van der Waals surface area contributed by atoms with Gasteiger partial charge in [0.15, 0.2) is 0 Å². The van der Waals surface area contributed by atoms with E-state index in [9.17, 15) is 0 Å². The third-order valence-corrected chi connectivity index (χ3v) is 4.25. The van der Waals surface area contributed by atoms with Gasteiger partial charge in [-0.15, -0.1) is 11.3 Å². The van der Waals surface area contributed by atoms with E-state index in [0.29, 0.717) is 12.6 Å². The van der Waals surface area contributed by atoms with Crippen LogP contribution >= 0.6 is 11.3 Å². The van der Waals surface area contributed by atoms with Gasteiger partial charge in [-0.05, 0) is 24.8 Å². The van der Waals surface area contributed by atoms with Gasteiger partial charge in [0.05, 0.1) is 19.3 Å². The molecule has 1 aliphatic carbocycles. The molecule has 0 spiro atoms. The van der Waals surface area contributed by atoms with Crippen LogP contribution in [0.5, 0.6) is 0 Å². The Hall–Kier alpha value is -0.820. The first-order valence-electron chi connectivity index (χ1n) is 6.66. The van der Waals surface area contributed by atoms with Crippen molar-refractivity contribution >= 4 is 11.3 Å². The zero-order valence-electron chi connectivity index (χ0n) is 10.9. The monoisotopic (exact) mass is 263 g/mol. The van der Waals surface area contributed by atoms with Crippen LogP contribution in [0.2, 0.25) is 0 Å². The van der Waals surface area contributed by atoms with Crippen molar-refractivity contribution in [3.05, 3.63) is 21.9 Å². The summed E-state index contributed by atoms with van der Waals surface area (Å²) in [7, 11) is 0. The van der Waals surface area contributed by atoms with Crippen molar-refractivity contribution in [3.8, 4) is 11.8 Å². The lowest BCUT2D eigenvalue weighted by Crippen LogP contribution is -2.21. The molecule has 2 N–H and O–H groups in total. The van der Waals surface area contributed by atoms with Crippen LogP contribution in [0.3, 0.4) is 0 Å². The summed E-state index contributed by atoms with van der Waals surface area (Å²) in [4.78, 5) is 1.26. The van der Waals surface area contributed by atoms with Gasteiger partial charge in [-0.1, -0.05) is 31.6 Å². The molecule has 1 fully saturated rings. The van der Waals surface area contributed by atoms with Crippen LogP contribution in [0.25, 0.3) is 0 Å². The third kappa shape index (κ3) is 4.13. The molecule has 2 rings (SSSR count). The van der Waals surface area contributed by atoms with Gasteiger partial charge in [-0.2, -0.15) is 0 Å². The second kappa shape index (κ2) is 6.94. The maximum atomic E-state index is 5.99. The van der Waals surface area contributed by atoms with Gasteiger partial charge < -0.3 is 10.5 Å². The summed E-state index contributed by atoms with van der Waals surface area (Å²) in [6.07, 6.45) is 5.55. The van der Waals surface area contributed by atoms with E-state index < -0.39 is 0 Å². The Morgan fingerprint density at radius 2 is 2.39 bits per heavy atom. The minimum Gasteiger partial charge on any atom is -0.373 e. The van der Waals surface area contributed by atoms with Gasteiger partial charge >= 0.3 is 0 Å². The molecule has 0 bridgehead atoms. The summed E-state index contributed by atoms with van der Waals surface area (Å²) < 4.78 is 5.99. The van der Waals surface area contributed by atoms with Gasteiger partial charge in [-0.25, -0.2) is 0 Å². The van der Waals surface area contributed by atoms with E-state index in [4.69, 9.17) is 10.5 Å². The van der Waals surface area contributed by atoms with Gasteiger partial charge in [0.1, 0.15) is 0 Å². The smallest absolute Gasteiger partial charge is 0.0813 e. The first-order valence-corrected chi connectivity index (χ1v) is 7.54. The van der Waals surface area contributed by atoms with E-state index in [0.717, 1.165) is 18.1 Å². The highest BCUT2D eigenvalue weighted by Crippen LogP contribution is 2.27. The standard InChI is InChI=1S/C15H21NOS/c1-12-4-2-6-14(8-12)17-10-15-9-13(11-18-15)5-3-7-16/h9,11-12,14H,2,4,6-8,10,16H2,1H3. The van der Waals surface area contributed by atoms with E-state index in [1.165, 1.54) is 30.6 Å². The molecular weight excluding hydrogens is 242 g/mol. The van der Waals surface area contributed by atoms with Gasteiger partial charge in [0, 0.05) is 15.8 Å². The maximum Gasteiger partial charge on any atom is 0.0813 e. The quantitative estimate of drug-likeness (QED) is 0.850. The molecule has 18 heavy (non-hydrogen) atoms. The topological polar surface area (TPSA) is 35.2 Å². The molecule has 1 aromatic rings. The van der Waals surface area contributed by atoms with E-state index in [1.807, 2.05) is 0 Å². The van der Waals surface area contributed by atoms with Crippen LogP contribution in [-0.4, -0.2) is 12.6 Å². The van der Waals surface area contributed by atoms with Crippen molar-refractivity contribution in [1.29, 1.82) is 0 Å². The lowest BCUT2D eigenvalue weighted by atomic mass is 9.89. The fraction of sp³-hybridized carbons (Fsp3) is 0.600.